The van der Waals surface area contributed by atoms with Gasteiger partial charge in [-0.25, -0.2) is 0 Å². The summed E-state index contributed by atoms with van der Waals surface area (Å²) in [4.78, 5) is 14.5. The molecule has 0 aromatic heterocycles. The molecule has 0 unspecified atom stereocenters. The molecule has 94 valence electrons. The number of anilines is 1. The number of para-hydroxylation sites is 1. The Morgan fingerprint density at radius 3 is 2.63 bits per heavy atom. The predicted octanol–water partition coefficient (Wildman–Crippen LogP) is 2.64. The molecular weight excluding hydrogens is 236 g/mol. The van der Waals surface area contributed by atoms with Gasteiger partial charge in [0.05, 0.1) is 5.56 Å². The zero-order valence-corrected chi connectivity index (χ0v) is 10.5. The van der Waals surface area contributed by atoms with Crippen molar-refractivity contribution in [3.63, 3.8) is 0 Å². The molecule has 4 rings (SSSR count). The van der Waals surface area contributed by atoms with Crippen LogP contribution in [0.3, 0.4) is 0 Å². The Hall–Kier alpha value is -2.29. The van der Waals surface area contributed by atoms with Crippen LogP contribution in [0, 0.1) is 0 Å². The van der Waals surface area contributed by atoms with Crippen molar-refractivity contribution in [1.29, 1.82) is 0 Å². The first kappa shape index (κ1) is 10.6. The number of nitrogens with zero attached hydrogens (tertiary/aromatic N) is 1. The van der Waals surface area contributed by atoms with Crippen molar-refractivity contribution in [3.8, 4) is 0 Å². The first-order chi connectivity index (χ1) is 9.33. The standard InChI is InChI=1S/C16H14N2O/c19-16-13-7-3-4-8-14(13)17-15-9-11-5-1-2-6-12(11)10-18(15)16/h1-8,15,17H,9-10H2/t15-/m0/s1. The van der Waals surface area contributed by atoms with E-state index in [1.807, 2.05) is 35.2 Å². The Balaban J connectivity index is 1.77. The molecule has 3 heteroatoms. The quantitative estimate of drug-likeness (QED) is 0.779. The van der Waals surface area contributed by atoms with Crippen molar-refractivity contribution in [2.45, 2.75) is 19.1 Å². The normalized spacial score (nSPS) is 20.1. The van der Waals surface area contributed by atoms with Gasteiger partial charge < -0.3 is 10.2 Å². The highest BCUT2D eigenvalue weighted by atomic mass is 16.2. The smallest absolute Gasteiger partial charge is 0.257 e. The van der Waals surface area contributed by atoms with E-state index in [9.17, 15) is 4.79 Å². The number of carbonyl (C=O) groups is 1. The minimum absolute atomic E-state index is 0.0808. The predicted molar refractivity (Wildman–Crippen MR) is 73.9 cm³/mol. The van der Waals surface area contributed by atoms with Gasteiger partial charge in [0.25, 0.3) is 5.91 Å². The number of fused-ring (bicyclic) bond motifs is 3. The molecule has 2 aromatic rings. The molecule has 0 bridgehead atoms. The molecule has 0 radical (unpaired) electrons. The second-order valence-electron chi connectivity index (χ2n) is 5.11. The molecule has 19 heavy (non-hydrogen) atoms. The first-order valence-electron chi connectivity index (χ1n) is 6.56. The van der Waals surface area contributed by atoms with Crippen LogP contribution in [0.1, 0.15) is 21.5 Å². The van der Waals surface area contributed by atoms with E-state index in [4.69, 9.17) is 0 Å². The van der Waals surface area contributed by atoms with E-state index in [0.717, 1.165) is 17.7 Å². The highest BCUT2D eigenvalue weighted by Gasteiger charge is 2.34. The third-order valence-corrected chi connectivity index (χ3v) is 3.99. The molecule has 2 heterocycles. The van der Waals surface area contributed by atoms with E-state index < -0.39 is 0 Å². The monoisotopic (exact) mass is 250 g/mol. The number of carbonyl (C=O) groups excluding carboxylic acids is 1. The van der Waals surface area contributed by atoms with E-state index in [2.05, 4.69) is 23.5 Å². The second-order valence-corrected chi connectivity index (χ2v) is 5.11. The van der Waals surface area contributed by atoms with Crippen LogP contribution in [-0.2, 0) is 13.0 Å². The molecule has 1 amide bonds. The van der Waals surface area contributed by atoms with Gasteiger partial charge in [0.15, 0.2) is 0 Å². The van der Waals surface area contributed by atoms with Crippen molar-refractivity contribution in [2.75, 3.05) is 5.32 Å². The Bertz CT molecular complexity index is 665. The summed E-state index contributed by atoms with van der Waals surface area (Å²) in [5, 5.41) is 3.48. The van der Waals surface area contributed by atoms with Crippen LogP contribution in [-0.4, -0.2) is 17.0 Å². The molecule has 0 saturated carbocycles. The molecule has 1 N–H and O–H groups in total. The summed E-state index contributed by atoms with van der Waals surface area (Å²) in [6, 6.07) is 16.1. The summed E-state index contributed by atoms with van der Waals surface area (Å²) in [6.07, 6.45) is 0.952. The third kappa shape index (κ3) is 1.55. The van der Waals surface area contributed by atoms with Gasteiger partial charge in [-0.2, -0.15) is 0 Å². The van der Waals surface area contributed by atoms with Gasteiger partial charge in [-0.3, -0.25) is 4.79 Å². The lowest BCUT2D eigenvalue weighted by molar-refractivity contribution is 0.0651. The minimum atomic E-state index is 0.0808. The van der Waals surface area contributed by atoms with Crippen molar-refractivity contribution in [2.24, 2.45) is 0 Å². The SMILES string of the molecule is O=C1c2ccccc2N[C@@H]2Cc3ccccc3CN12. The van der Waals surface area contributed by atoms with Crippen molar-refractivity contribution in [1.82, 2.24) is 4.90 Å². The Labute approximate surface area is 111 Å². The summed E-state index contributed by atoms with van der Waals surface area (Å²) in [5.74, 6) is 0.133. The van der Waals surface area contributed by atoms with Crippen LogP contribution < -0.4 is 5.32 Å². The summed E-state index contributed by atoms with van der Waals surface area (Å²) < 4.78 is 0. The third-order valence-electron chi connectivity index (χ3n) is 3.99. The van der Waals surface area contributed by atoms with Crippen LogP contribution in [0.4, 0.5) is 5.69 Å². The number of amides is 1. The molecule has 3 nitrogen and oxygen atoms in total. The minimum Gasteiger partial charge on any atom is -0.364 e. The van der Waals surface area contributed by atoms with Crippen LogP contribution in [0.15, 0.2) is 48.5 Å². The molecule has 2 aliphatic rings. The van der Waals surface area contributed by atoms with Gasteiger partial charge in [-0.05, 0) is 23.3 Å². The van der Waals surface area contributed by atoms with Crippen LogP contribution in [0.5, 0.6) is 0 Å². The summed E-state index contributed by atoms with van der Waals surface area (Å²) in [6.45, 7) is 0.695. The van der Waals surface area contributed by atoms with Gasteiger partial charge in [-0.1, -0.05) is 36.4 Å². The van der Waals surface area contributed by atoms with Crippen LogP contribution >= 0.6 is 0 Å². The maximum absolute atomic E-state index is 12.5. The molecule has 0 aliphatic carbocycles. The van der Waals surface area contributed by atoms with Gasteiger partial charge in [0, 0.05) is 18.7 Å². The van der Waals surface area contributed by atoms with Crippen molar-refractivity contribution in [3.05, 3.63) is 65.2 Å². The molecular formula is C16H14N2O. The average Bonchev–Trinajstić information content (AvgIpc) is 2.46. The van der Waals surface area contributed by atoms with Gasteiger partial charge in [-0.15, -0.1) is 0 Å². The molecule has 2 aliphatic heterocycles. The maximum Gasteiger partial charge on any atom is 0.257 e. The van der Waals surface area contributed by atoms with Crippen LogP contribution in [0.2, 0.25) is 0 Å². The van der Waals surface area contributed by atoms with Crippen molar-refractivity contribution < 1.29 is 4.79 Å². The number of hydrogen-bond acceptors (Lipinski definition) is 2. The zero-order chi connectivity index (χ0) is 12.8. The van der Waals surface area contributed by atoms with E-state index in [-0.39, 0.29) is 12.1 Å². The summed E-state index contributed by atoms with van der Waals surface area (Å²) >= 11 is 0. The largest absolute Gasteiger partial charge is 0.364 e. The van der Waals surface area contributed by atoms with Gasteiger partial charge in [0.2, 0.25) is 0 Å². The van der Waals surface area contributed by atoms with Crippen LogP contribution in [0.25, 0.3) is 0 Å². The van der Waals surface area contributed by atoms with E-state index in [0.29, 0.717) is 6.54 Å². The zero-order valence-electron chi connectivity index (χ0n) is 10.5. The fraction of sp³-hybridized carbons (Fsp3) is 0.188. The first-order valence-corrected chi connectivity index (χ1v) is 6.56. The molecule has 0 saturated heterocycles. The molecule has 0 spiro atoms. The van der Waals surface area contributed by atoms with E-state index in [1.165, 1.54) is 11.1 Å². The maximum atomic E-state index is 12.5. The van der Waals surface area contributed by atoms with E-state index >= 15 is 0 Å². The Morgan fingerprint density at radius 1 is 1.00 bits per heavy atom. The number of benzene rings is 2. The number of hydrogen-bond donors (Lipinski definition) is 1. The number of nitrogens with one attached hydrogen (secondary N) is 1. The Kier molecular flexibility index (Phi) is 2.15. The number of rotatable bonds is 0. The second kappa shape index (κ2) is 3.85. The van der Waals surface area contributed by atoms with Gasteiger partial charge in [0.1, 0.15) is 6.17 Å². The van der Waals surface area contributed by atoms with Crippen molar-refractivity contribution >= 4 is 11.6 Å². The molecule has 2 aromatic carbocycles. The average molecular weight is 250 g/mol. The summed E-state index contributed by atoms with van der Waals surface area (Å²) in [5.41, 5.74) is 4.32. The summed E-state index contributed by atoms with van der Waals surface area (Å²) in [7, 11) is 0. The highest BCUT2D eigenvalue weighted by molar-refractivity contribution is 6.01. The molecule has 1 atom stereocenters. The molecule has 0 fully saturated rings. The fourth-order valence-electron chi connectivity index (χ4n) is 3.00. The fourth-order valence-corrected chi connectivity index (χ4v) is 3.00. The lowest BCUT2D eigenvalue weighted by Gasteiger charge is -2.41. The lowest BCUT2D eigenvalue weighted by Crippen LogP contribution is -2.51. The van der Waals surface area contributed by atoms with Gasteiger partial charge >= 0.3 is 0 Å². The highest BCUT2D eigenvalue weighted by Crippen LogP contribution is 2.31. The van der Waals surface area contributed by atoms with E-state index in [1.54, 1.807) is 0 Å². The topological polar surface area (TPSA) is 32.3 Å². The Morgan fingerprint density at radius 2 is 1.74 bits per heavy atom. The lowest BCUT2D eigenvalue weighted by atomic mass is 9.94.